The molecule has 132 valence electrons. The molecule has 3 aromatic rings. The zero-order chi connectivity index (χ0) is 18.1. The lowest BCUT2D eigenvalue weighted by molar-refractivity contribution is -0.313. The fourth-order valence-corrected chi connectivity index (χ4v) is 3.89. The summed E-state index contributed by atoms with van der Waals surface area (Å²) >= 11 is 1.57. The number of benzene rings is 1. The third-order valence-corrected chi connectivity index (χ3v) is 5.38. The number of anilines is 1. The number of fused-ring (bicyclic) bond motifs is 1. The number of carbonyl (C=O) groups excluding carboxylic acids is 2. The average Bonchev–Trinajstić information content (AvgIpc) is 3.24. The van der Waals surface area contributed by atoms with Crippen molar-refractivity contribution in [1.82, 2.24) is 9.38 Å². The van der Waals surface area contributed by atoms with Gasteiger partial charge in [-0.3, -0.25) is 9.20 Å². The number of carboxylic acid groups (broad SMARTS) is 1. The van der Waals surface area contributed by atoms with E-state index in [1.165, 1.54) is 0 Å². The summed E-state index contributed by atoms with van der Waals surface area (Å²) in [4.78, 5) is 29.2. The monoisotopic (exact) mass is 366 g/mol. The van der Waals surface area contributed by atoms with E-state index in [-0.39, 0.29) is 5.91 Å². The van der Waals surface area contributed by atoms with E-state index in [0.29, 0.717) is 18.5 Å². The van der Waals surface area contributed by atoms with Crippen molar-refractivity contribution in [2.24, 2.45) is 11.8 Å². The van der Waals surface area contributed by atoms with Gasteiger partial charge in [-0.25, -0.2) is 4.98 Å². The fourth-order valence-electron chi connectivity index (χ4n) is 3.19. The first-order valence-electron chi connectivity index (χ1n) is 8.31. The summed E-state index contributed by atoms with van der Waals surface area (Å²) in [5, 5.41) is 16.0. The van der Waals surface area contributed by atoms with Crippen LogP contribution >= 0.6 is 11.3 Å². The molecule has 0 saturated heterocycles. The molecular weight excluding hydrogens is 350 g/mol. The first-order valence-corrected chi connectivity index (χ1v) is 9.19. The smallest absolute Gasteiger partial charge is 0.228 e. The molecule has 26 heavy (non-hydrogen) atoms. The van der Waals surface area contributed by atoms with Crippen LogP contribution in [0, 0.1) is 11.8 Å². The Hall–Kier alpha value is -2.93. The normalized spacial score (nSPS) is 19.5. The number of aliphatic carboxylic acids is 1. The number of amides is 1. The Balaban J connectivity index is 1.48. The van der Waals surface area contributed by atoms with Crippen molar-refractivity contribution in [1.29, 1.82) is 0 Å². The minimum absolute atomic E-state index is 0.293. The molecule has 2 atom stereocenters. The molecule has 1 aromatic carbocycles. The lowest BCUT2D eigenvalue weighted by Crippen LogP contribution is -2.41. The van der Waals surface area contributed by atoms with E-state index in [1.807, 2.05) is 40.4 Å². The zero-order valence-electron chi connectivity index (χ0n) is 13.8. The number of imidazole rings is 1. The van der Waals surface area contributed by atoms with Gasteiger partial charge in [-0.05, 0) is 25.0 Å². The van der Waals surface area contributed by atoms with Crippen LogP contribution in [0.15, 0.2) is 54.2 Å². The minimum atomic E-state index is -1.18. The third kappa shape index (κ3) is 3.13. The molecule has 1 amide bonds. The molecule has 2 aromatic heterocycles. The number of aromatic nitrogens is 2. The predicted octanol–water partition coefficient (Wildman–Crippen LogP) is 2.33. The van der Waals surface area contributed by atoms with E-state index in [4.69, 9.17) is 0 Å². The van der Waals surface area contributed by atoms with Crippen molar-refractivity contribution >= 4 is 33.9 Å². The molecule has 0 saturated carbocycles. The number of carbonyl (C=O) groups is 2. The summed E-state index contributed by atoms with van der Waals surface area (Å²) in [7, 11) is 0. The van der Waals surface area contributed by atoms with Gasteiger partial charge in [0, 0.05) is 40.9 Å². The Kier molecular flexibility index (Phi) is 4.30. The molecule has 6 nitrogen and oxygen atoms in total. The van der Waals surface area contributed by atoms with Crippen LogP contribution in [0.25, 0.3) is 16.2 Å². The highest BCUT2D eigenvalue weighted by Gasteiger charge is 2.29. The van der Waals surface area contributed by atoms with Crippen LogP contribution in [0.4, 0.5) is 5.69 Å². The van der Waals surface area contributed by atoms with Gasteiger partial charge >= 0.3 is 0 Å². The van der Waals surface area contributed by atoms with Gasteiger partial charge in [0.2, 0.25) is 5.91 Å². The van der Waals surface area contributed by atoms with Crippen LogP contribution in [0.5, 0.6) is 0 Å². The second-order valence-corrected chi connectivity index (χ2v) is 7.13. The van der Waals surface area contributed by atoms with Crippen molar-refractivity contribution in [2.45, 2.75) is 12.8 Å². The van der Waals surface area contributed by atoms with Gasteiger partial charge < -0.3 is 15.2 Å². The van der Waals surface area contributed by atoms with E-state index in [9.17, 15) is 14.7 Å². The van der Waals surface area contributed by atoms with Crippen molar-refractivity contribution < 1.29 is 14.7 Å². The van der Waals surface area contributed by atoms with Gasteiger partial charge in [0.1, 0.15) is 0 Å². The molecule has 0 unspecified atom stereocenters. The Labute approximate surface area is 153 Å². The second-order valence-electron chi connectivity index (χ2n) is 6.26. The number of nitrogens with zero attached hydrogens (tertiary/aromatic N) is 2. The van der Waals surface area contributed by atoms with E-state index < -0.39 is 17.8 Å². The number of nitrogens with one attached hydrogen (secondary N) is 1. The number of thiazole rings is 1. The van der Waals surface area contributed by atoms with E-state index in [1.54, 1.807) is 29.5 Å². The molecule has 4 rings (SSSR count). The summed E-state index contributed by atoms with van der Waals surface area (Å²) in [5.41, 5.74) is 2.45. The lowest BCUT2D eigenvalue weighted by Gasteiger charge is -2.28. The molecule has 0 spiro atoms. The van der Waals surface area contributed by atoms with Crippen molar-refractivity contribution in [3.05, 3.63) is 54.2 Å². The molecule has 1 aliphatic carbocycles. The first kappa shape index (κ1) is 16.5. The van der Waals surface area contributed by atoms with Crippen molar-refractivity contribution in [2.75, 3.05) is 5.32 Å². The highest BCUT2D eigenvalue weighted by molar-refractivity contribution is 7.15. The van der Waals surface area contributed by atoms with E-state index in [2.05, 4.69) is 10.3 Å². The minimum Gasteiger partial charge on any atom is -0.550 e. The maximum atomic E-state index is 12.5. The number of hydrogen-bond donors (Lipinski definition) is 1. The van der Waals surface area contributed by atoms with Crippen LogP contribution in [0.3, 0.4) is 0 Å². The molecule has 0 bridgehead atoms. The van der Waals surface area contributed by atoms with Crippen LogP contribution in [-0.2, 0) is 9.59 Å². The zero-order valence-corrected chi connectivity index (χ0v) is 14.6. The maximum absolute atomic E-state index is 12.5. The summed E-state index contributed by atoms with van der Waals surface area (Å²) in [6.45, 7) is 0. The van der Waals surface area contributed by atoms with Crippen LogP contribution in [-0.4, -0.2) is 21.3 Å². The fraction of sp³-hybridized carbons (Fsp3) is 0.211. The SMILES string of the molecule is O=C([O-])[C@H]1CC=CC[C@@H]1C(=O)Nc1ccc(-c2cn3ccsc3n2)cc1. The largest absolute Gasteiger partial charge is 0.550 e. The summed E-state index contributed by atoms with van der Waals surface area (Å²) < 4.78 is 1.96. The highest BCUT2D eigenvalue weighted by atomic mass is 32.1. The molecule has 2 heterocycles. The van der Waals surface area contributed by atoms with Gasteiger partial charge in [-0.15, -0.1) is 11.3 Å². The number of rotatable bonds is 4. The van der Waals surface area contributed by atoms with Crippen LogP contribution in [0.1, 0.15) is 12.8 Å². The summed E-state index contributed by atoms with van der Waals surface area (Å²) in [6, 6.07) is 7.37. The third-order valence-electron chi connectivity index (χ3n) is 4.61. The number of allylic oxidation sites excluding steroid dienone is 2. The number of hydrogen-bond acceptors (Lipinski definition) is 5. The highest BCUT2D eigenvalue weighted by Crippen LogP contribution is 2.27. The van der Waals surface area contributed by atoms with Crippen LogP contribution < -0.4 is 10.4 Å². The Morgan fingerprint density at radius 2 is 1.88 bits per heavy atom. The molecule has 7 heteroatoms. The van der Waals surface area contributed by atoms with Gasteiger partial charge in [0.05, 0.1) is 11.6 Å². The summed E-state index contributed by atoms with van der Waals surface area (Å²) in [6.07, 6.45) is 8.28. The molecule has 0 radical (unpaired) electrons. The Bertz CT molecular complexity index is 959. The van der Waals surface area contributed by atoms with Gasteiger partial charge in [0.15, 0.2) is 4.96 Å². The predicted molar refractivity (Wildman–Crippen MR) is 97.5 cm³/mol. The first-order chi connectivity index (χ1) is 12.6. The number of carboxylic acids is 1. The molecule has 1 N–H and O–H groups in total. The quantitative estimate of drug-likeness (QED) is 0.718. The summed E-state index contributed by atoms with van der Waals surface area (Å²) in [5.74, 6) is -2.86. The Morgan fingerprint density at radius 1 is 1.15 bits per heavy atom. The van der Waals surface area contributed by atoms with Gasteiger partial charge in [-0.1, -0.05) is 24.3 Å². The van der Waals surface area contributed by atoms with Crippen molar-refractivity contribution in [3.8, 4) is 11.3 Å². The maximum Gasteiger partial charge on any atom is 0.228 e. The molecule has 0 aliphatic heterocycles. The average molecular weight is 366 g/mol. The van der Waals surface area contributed by atoms with E-state index >= 15 is 0 Å². The van der Waals surface area contributed by atoms with Crippen molar-refractivity contribution in [3.63, 3.8) is 0 Å². The second kappa shape index (κ2) is 6.76. The molecule has 0 fully saturated rings. The molecular formula is C19H16N3O3S-. The van der Waals surface area contributed by atoms with Crippen LogP contribution in [0.2, 0.25) is 0 Å². The van der Waals surface area contributed by atoms with Gasteiger partial charge in [-0.2, -0.15) is 0 Å². The van der Waals surface area contributed by atoms with Gasteiger partial charge in [0.25, 0.3) is 0 Å². The molecule has 1 aliphatic rings. The lowest BCUT2D eigenvalue weighted by atomic mass is 9.82. The van der Waals surface area contributed by atoms with E-state index in [0.717, 1.165) is 16.2 Å². The topological polar surface area (TPSA) is 86.5 Å². The standard InChI is InChI=1S/C19H17N3O3S/c23-17(14-3-1-2-4-15(14)18(24)25)20-13-7-5-12(6-8-13)16-11-22-9-10-26-19(22)21-16/h1-2,5-11,14-15H,3-4H2,(H,20,23)(H,24,25)/p-1/t14-,15-/m0/s1. The Morgan fingerprint density at radius 3 is 2.58 bits per heavy atom.